The summed E-state index contributed by atoms with van der Waals surface area (Å²) in [6, 6.07) is 25.0. The van der Waals surface area contributed by atoms with Gasteiger partial charge in [0, 0.05) is 23.5 Å². The van der Waals surface area contributed by atoms with Crippen LogP contribution >= 0.6 is 0 Å². The van der Waals surface area contributed by atoms with E-state index in [4.69, 9.17) is 19.7 Å². The summed E-state index contributed by atoms with van der Waals surface area (Å²) in [5.41, 5.74) is 3.16. The standard InChI is InChI=1S/C31H33N3O3/c1-3-5-8-17-28(36)37-21-22(4-2)25-18-19-26(27(35)20-25)31-33-29(23-13-9-6-10-14-23)32-30(34-31)24-15-11-7-12-16-24/h6-7,9-16,18-20,22,35H,3-5,8,17,21H2,1-2H3. The van der Waals surface area contributed by atoms with Crippen LogP contribution in [0, 0.1) is 0 Å². The van der Waals surface area contributed by atoms with Gasteiger partial charge in [-0.05, 0) is 30.5 Å². The van der Waals surface area contributed by atoms with Gasteiger partial charge in [-0.3, -0.25) is 4.79 Å². The number of benzene rings is 3. The zero-order valence-electron chi connectivity index (χ0n) is 21.4. The van der Waals surface area contributed by atoms with Crippen LogP contribution in [-0.4, -0.2) is 32.6 Å². The SMILES string of the molecule is CCCCCC(=O)OCC(CC)c1ccc(-c2nc(-c3ccccc3)nc(-c3ccccc3)n2)c(O)c1. The van der Waals surface area contributed by atoms with Crippen LogP contribution in [0.15, 0.2) is 78.9 Å². The van der Waals surface area contributed by atoms with Crippen LogP contribution in [0.1, 0.15) is 57.4 Å². The molecule has 4 aromatic rings. The summed E-state index contributed by atoms with van der Waals surface area (Å²) in [6.07, 6.45) is 4.17. The van der Waals surface area contributed by atoms with Crippen molar-refractivity contribution in [2.75, 3.05) is 6.61 Å². The normalized spacial score (nSPS) is 11.7. The number of nitrogens with zero attached hydrogens (tertiary/aromatic N) is 3. The molecule has 3 aromatic carbocycles. The summed E-state index contributed by atoms with van der Waals surface area (Å²) < 4.78 is 5.53. The van der Waals surface area contributed by atoms with Gasteiger partial charge in [0.2, 0.25) is 0 Å². The number of rotatable bonds is 11. The second-order valence-electron chi connectivity index (χ2n) is 9.06. The first-order valence-electron chi connectivity index (χ1n) is 12.9. The van der Waals surface area contributed by atoms with Crippen LogP contribution in [0.2, 0.25) is 0 Å². The first kappa shape index (κ1) is 26.0. The Morgan fingerprint density at radius 1 is 0.811 bits per heavy atom. The molecule has 0 spiro atoms. The van der Waals surface area contributed by atoms with E-state index in [2.05, 4.69) is 6.92 Å². The summed E-state index contributed by atoms with van der Waals surface area (Å²) in [6.45, 7) is 4.45. The molecule has 0 bridgehead atoms. The summed E-state index contributed by atoms with van der Waals surface area (Å²) in [5, 5.41) is 11.0. The first-order chi connectivity index (χ1) is 18.1. The number of phenols is 1. The minimum absolute atomic E-state index is 0.00630. The molecule has 1 aromatic heterocycles. The number of hydrogen-bond acceptors (Lipinski definition) is 6. The van der Waals surface area contributed by atoms with E-state index in [-0.39, 0.29) is 17.6 Å². The lowest BCUT2D eigenvalue weighted by Crippen LogP contribution is -2.12. The molecule has 0 saturated carbocycles. The lowest BCUT2D eigenvalue weighted by molar-refractivity contribution is -0.144. The van der Waals surface area contributed by atoms with Crippen molar-refractivity contribution < 1.29 is 14.6 Å². The molecule has 1 N–H and O–H groups in total. The minimum Gasteiger partial charge on any atom is -0.507 e. The molecule has 0 radical (unpaired) electrons. The van der Waals surface area contributed by atoms with Gasteiger partial charge in [0.05, 0.1) is 12.2 Å². The van der Waals surface area contributed by atoms with Gasteiger partial charge in [0.25, 0.3) is 0 Å². The number of carbonyl (C=O) groups excluding carboxylic acids is 1. The maximum atomic E-state index is 12.1. The van der Waals surface area contributed by atoms with Crippen LogP contribution in [-0.2, 0) is 9.53 Å². The van der Waals surface area contributed by atoms with E-state index in [0.717, 1.165) is 42.4 Å². The van der Waals surface area contributed by atoms with Gasteiger partial charge in [0.1, 0.15) is 5.75 Å². The Hall–Kier alpha value is -4.06. The van der Waals surface area contributed by atoms with E-state index < -0.39 is 0 Å². The molecule has 190 valence electrons. The van der Waals surface area contributed by atoms with Gasteiger partial charge in [0.15, 0.2) is 17.5 Å². The third kappa shape index (κ3) is 6.79. The van der Waals surface area contributed by atoms with Crippen LogP contribution < -0.4 is 0 Å². The fraction of sp³-hybridized carbons (Fsp3) is 0.290. The molecule has 0 saturated heterocycles. The molecule has 6 nitrogen and oxygen atoms in total. The number of hydrogen-bond donors (Lipinski definition) is 1. The van der Waals surface area contributed by atoms with Gasteiger partial charge in [-0.25, -0.2) is 15.0 Å². The smallest absolute Gasteiger partial charge is 0.305 e. The third-order valence-electron chi connectivity index (χ3n) is 6.36. The molecule has 0 aliphatic carbocycles. The summed E-state index contributed by atoms with van der Waals surface area (Å²) >= 11 is 0. The van der Waals surface area contributed by atoms with Gasteiger partial charge >= 0.3 is 5.97 Å². The van der Waals surface area contributed by atoms with E-state index in [1.165, 1.54) is 0 Å². The number of aromatic hydroxyl groups is 1. The molecule has 1 heterocycles. The highest BCUT2D eigenvalue weighted by atomic mass is 16.5. The molecular formula is C31H33N3O3. The second-order valence-corrected chi connectivity index (χ2v) is 9.06. The van der Waals surface area contributed by atoms with Crippen molar-refractivity contribution >= 4 is 5.97 Å². The number of aromatic nitrogens is 3. The van der Waals surface area contributed by atoms with Crippen molar-refractivity contribution in [3.63, 3.8) is 0 Å². The third-order valence-corrected chi connectivity index (χ3v) is 6.36. The molecule has 37 heavy (non-hydrogen) atoms. The molecule has 0 aliphatic heterocycles. The molecule has 1 unspecified atom stereocenters. The van der Waals surface area contributed by atoms with E-state index in [0.29, 0.717) is 36.1 Å². The molecule has 0 aliphatic rings. The van der Waals surface area contributed by atoms with Crippen molar-refractivity contribution in [3.8, 4) is 39.9 Å². The lowest BCUT2D eigenvalue weighted by atomic mass is 9.95. The predicted octanol–water partition coefficient (Wildman–Crippen LogP) is 7.20. The quantitative estimate of drug-likeness (QED) is 0.175. The zero-order valence-corrected chi connectivity index (χ0v) is 21.4. The topological polar surface area (TPSA) is 85.2 Å². The Balaban J connectivity index is 1.62. The van der Waals surface area contributed by atoms with Gasteiger partial charge in [-0.1, -0.05) is 93.4 Å². The monoisotopic (exact) mass is 495 g/mol. The maximum Gasteiger partial charge on any atom is 0.305 e. The molecule has 1 atom stereocenters. The summed E-state index contributed by atoms with van der Waals surface area (Å²) in [4.78, 5) is 26.2. The maximum absolute atomic E-state index is 12.1. The molecule has 6 heteroatoms. The fourth-order valence-electron chi connectivity index (χ4n) is 4.16. The zero-order chi connectivity index (χ0) is 26.0. The van der Waals surface area contributed by atoms with Crippen LogP contribution in [0.3, 0.4) is 0 Å². The number of esters is 1. The largest absolute Gasteiger partial charge is 0.507 e. The second kappa shape index (κ2) is 12.8. The number of unbranched alkanes of at least 4 members (excludes halogenated alkanes) is 2. The van der Waals surface area contributed by atoms with Crippen LogP contribution in [0.25, 0.3) is 34.2 Å². The molecule has 0 fully saturated rings. The Morgan fingerprint density at radius 3 is 1.95 bits per heavy atom. The van der Waals surface area contributed by atoms with Gasteiger partial charge in [-0.2, -0.15) is 0 Å². The highest BCUT2D eigenvalue weighted by molar-refractivity contribution is 5.70. The van der Waals surface area contributed by atoms with Crippen LogP contribution in [0.5, 0.6) is 5.75 Å². The van der Waals surface area contributed by atoms with Crippen molar-refractivity contribution in [2.45, 2.75) is 51.9 Å². The Bertz CT molecular complexity index is 1250. The van der Waals surface area contributed by atoms with Gasteiger partial charge in [-0.15, -0.1) is 0 Å². The van der Waals surface area contributed by atoms with E-state index in [1.54, 1.807) is 6.07 Å². The summed E-state index contributed by atoms with van der Waals surface area (Å²) in [7, 11) is 0. The number of carbonyl (C=O) groups is 1. The highest BCUT2D eigenvalue weighted by Gasteiger charge is 2.18. The van der Waals surface area contributed by atoms with Crippen LogP contribution in [0.4, 0.5) is 0 Å². The minimum atomic E-state index is -0.167. The highest BCUT2D eigenvalue weighted by Crippen LogP contribution is 2.33. The van der Waals surface area contributed by atoms with Crippen molar-refractivity contribution in [1.82, 2.24) is 15.0 Å². The first-order valence-corrected chi connectivity index (χ1v) is 12.9. The van der Waals surface area contributed by atoms with Crippen molar-refractivity contribution in [3.05, 3.63) is 84.4 Å². The fourth-order valence-corrected chi connectivity index (χ4v) is 4.16. The lowest BCUT2D eigenvalue weighted by Gasteiger charge is -2.17. The average molecular weight is 496 g/mol. The number of ether oxygens (including phenoxy) is 1. The number of phenolic OH excluding ortho intramolecular Hbond substituents is 1. The van der Waals surface area contributed by atoms with E-state index in [1.807, 2.05) is 79.7 Å². The van der Waals surface area contributed by atoms with E-state index >= 15 is 0 Å². The van der Waals surface area contributed by atoms with Crippen molar-refractivity contribution in [2.24, 2.45) is 0 Å². The summed E-state index contributed by atoms with van der Waals surface area (Å²) in [5.74, 6) is 1.37. The molecule has 0 amide bonds. The molecule has 4 rings (SSSR count). The predicted molar refractivity (Wildman–Crippen MR) is 146 cm³/mol. The average Bonchev–Trinajstić information content (AvgIpc) is 2.94. The Kier molecular flexibility index (Phi) is 8.98. The van der Waals surface area contributed by atoms with Gasteiger partial charge < -0.3 is 9.84 Å². The molecular weight excluding hydrogens is 462 g/mol. The van der Waals surface area contributed by atoms with E-state index in [9.17, 15) is 9.90 Å². The van der Waals surface area contributed by atoms with Crippen molar-refractivity contribution in [1.29, 1.82) is 0 Å². The Labute approximate surface area is 218 Å². The Morgan fingerprint density at radius 2 is 1.41 bits per heavy atom.